The number of ether oxygens (including phenoxy) is 2. The number of carbonyl (C=O) groups is 1. The van der Waals surface area contributed by atoms with Gasteiger partial charge in [-0.15, -0.1) is 0 Å². The first-order valence-electron chi connectivity index (χ1n) is 15.3. The van der Waals surface area contributed by atoms with Crippen molar-refractivity contribution >= 4 is 26.6 Å². The van der Waals surface area contributed by atoms with E-state index in [0.717, 1.165) is 18.2 Å². The molecule has 4 aromatic rings. The largest absolute Gasteiger partial charge is 0.477 e. The van der Waals surface area contributed by atoms with Crippen LogP contribution in [0, 0.1) is 0 Å². The zero-order chi connectivity index (χ0) is 35.9. The Labute approximate surface area is 255 Å². The number of pyridine rings is 3. The zero-order valence-electron chi connectivity index (χ0n) is 27.4. The molecule has 0 aliphatic carbocycles. The molecule has 4 heterocycles. The van der Waals surface area contributed by atoms with Crippen molar-refractivity contribution in [2.24, 2.45) is 0 Å². The Morgan fingerprint density at radius 3 is 2.77 bits per heavy atom. The van der Waals surface area contributed by atoms with E-state index in [1.54, 1.807) is 0 Å². The molecule has 1 aliphatic heterocycles. The van der Waals surface area contributed by atoms with Gasteiger partial charge < -0.3 is 14.8 Å². The summed E-state index contributed by atoms with van der Waals surface area (Å²) in [6.07, 6.45) is -4.03. The van der Waals surface area contributed by atoms with Gasteiger partial charge in [0.05, 0.1) is 62.1 Å². The maximum Gasteiger partial charge on any atom is 0.264 e. The molecule has 44 heavy (non-hydrogen) atoms. The topological polar surface area (TPSA) is 120 Å². The van der Waals surface area contributed by atoms with Crippen LogP contribution in [0.1, 0.15) is 59.2 Å². The van der Waals surface area contributed by atoms with Crippen LogP contribution >= 0.6 is 0 Å². The Bertz CT molecular complexity index is 2020. The summed E-state index contributed by atoms with van der Waals surface area (Å²) in [6, 6.07) is 8.29. The monoisotopic (exact) mass is 641 g/mol. The quantitative estimate of drug-likeness (QED) is 0.237. The predicted molar refractivity (Wildman–Crippen MR) is 148 cm³/mol. The van der Waals surface area contributed by atoms with Crippen LogP contribution < -0.4 is 10.1 Å². The van der Waals surface area contributed by atoms with Crippen LogP contribution in [0.15, 0.2) is 53.6 Å². The zero-order valence-corrected chi connectivity index (χ0v) is 23.2. The Hall–Kier alpha value is -4.24. The highest BCUT2D eigenvalue weighted by Crippen LogP contribution is 2.35. The standard InChI is InChI=1S/C29H25F5N4O5S/c1-2-43-29-18(4-6-23(38-29)21(31)10-30)22-5-3-15-11-35-17(9-24(15)37-22)12-36-28(39)16-7-19(27(33)34)20-13-42-14-26(32)44(40,41)25(20)8-16/h3-9,11,21,26-27H,2,10,12-14H2,1H3,(H,36,39)/t21-,26+/m0/s1/i1D3,2D2. The van der Waals surface area contributed by atoms with E-state index in [1.165, 1.54) is 30.5 Å². The van der Waals surface area contributed by atoms with Gasteiger partial charge in [-0.3, -0.25) is 9.78 Å². The summed E-state index contributed by atoms with van der Waals surface area (Å²) >= 11 is 0. The van der Waals surface area contributed by atoms with Crippen LogP contribution in [0.25, 0.3) is 22.2 Å². The van der Waals surface area contributed by atoms with E-state index in [9.17, 15) is 35.2 Å². The van der Waals surface area contributed by atoms with Crippen LogP contribution in [-0.4, -0.2) is 54.6 Å². The number of carbonyl (C=O) groups excluding carboxylic acids is 1. The fourth-order valence-electron chi connectivity index (χ4n) is 4.49. The minimum atomic E-state index is -4.74. The van der Waals surface area contributed by atoms with Gasteiger partial charge in [-0.25, -0.2) is 40.3 Å². The summed E-state index contributed by atoms with van der Waals surface area (Å²) < 4.78 is 142. The molecule has 0 fully saturated rings. The minimum absolute atomic E-state index is 0.0561. The highest BCUT2D eigenvalue weighted by atomic mass is 32.2. The molecule has 0 unspecified atom stereocenters. The summed E-state index contributed by atoms with van der Waals surface area (Å²) in [5, 5.41) is 2.90. The summed E-state index contributed by atoms with van der Waals surface area (Å²) in [6.45, 7) is -9.79. The number of hydrogen-bond donors (Lipinski definition) is 1. The molecule has 232 valence electrons. The first kappa shape index (κ1) is 25.1. The number of sulfone groups is 1. The third kappa shape index (κ3) is 6.19. The number of nitrogens with zero attached hydrogens (tertiary/aromatic N) is 3. The first-order chi connectivity index (χ1) is 22.9. The van der Waals surface area contributed by atoms with Gasteiger partial charge in [0.2, 0.25) is 21.2 Å². The second-order valence-electron chi connectivity index (χ2n) is 9.48. The van der Waals surface area contributed by atoms with Crippen LogP contribution in [0.5, 0.6) is 5.88 Å². The highest BCUT2D eigenvalue weighted by Gasteiger charge is 2.36. The van der Waals surface area contributed by atoms with E-state index < -0.39 is 100 Å². The minimum Gasteiger partial charge on any atom is -0.477 e. The SMILES string of the molecule is [2H]C([2H])([2H])C([2H])([2H])Oc1nc([C@@H](F)CF)ccc1-c1ccc2cnc(CNC(=O)c3cc(C(F)F)c4c(c3)S(=O)(=O)[C@@H](F)COC4)cc2n1. The first-order valence-corrected chi connectivity index (χ1v) is 14.3. The lowest BCUT2D eigenvalue weighted by Crippen LogP contribution is -2.25. The summed E-state index contributed by atoms with van der Waals surface area (Å²) in [4.78, 5) is 24.7. The molecular weight excluding hydrogens is 611 g/mol. The van der Waals surface area contributed by atoms with Crippen molar-refractivity contribution in [1.29, 1.82) is 0 Å². The van der Waals surface area contributed by atoms with E-state index in [4.69, 9.17) is 16.3 Å². The molecule has 1 aromatic carbocycles. The molecule has 0 saturated carbocycles. The fourth-order valence-corrected chi connectivity index (χ4v) is 5.85. The molecule has 3 aromatic heterocycles. The molecule has 0 spiro atoms. The van der Waals surface area contributed by atoms with Gasteiger partial charge in [0.15, 0.2) is 6.17 Å². The van der Waals surface area contributed by atoms with E-state index in [2.05, 4.69) is 20.3 Å². The molecule has 9 nitrogen and oxygen atoms in total. The number of hydrogen-bond acceptors (Lipinski definition) is 8. The molecule has 2 atom stereocenters. The van der Waals surface area contributed by atoms with Crippen molar-refractivity contribution in [3.05, 3.63) is 76.7 Å². The van der Waals surface area contributed by atoms with Crippen molar-refractivity contribution < 1.29 is 51.5 Å². The molecular formula is C29H25F5N4O5S. The number of fused-ring (bicyclic) bond motifs is 2. The molecule has 0 radical (unpaired) electrons. The number of amides is 1. The van der Waals surface area contributed by atoms with Crippen molar-refractivity contribution in [2.45, 2.75) is 43.0 Å². The maximum absolute atomic E-state index is 14.3. The van der Waals surface area contributed by atoms with Crippen molar-refractivity contribution in [3.8, 4) is 17.1 Å². The molecule has 1 N–H and O–H groups in total. The number of halogens is 5. The number of rotatable bonds is 9. The second-order valence-corrected chi connectivity index (χ2v) is 11.5. The lowest BCUT2D eigenvalue weighted by atomic mass is 10.0. The van der Waals surface area contributed by atoms with Gasteiger partial charge in [-0.1, -0.05) is 0 Å². The van der Waals surface area contributed by atoms with Crippen molar-refractivity contribution in [2.75, 3.05) is 19.8 Å². The van der Waals surface area contributed by atoms with Crippen LogP contribution in [-0.2, 0) is 27.7 Å². The lowest BCUT2D eigenvalue weighted by molar-refractivity contribution is 0.0914. The second kappa shape index (κ2) is 12.8. The summed E-state index contributed by atoms with van der Waals surface area (Å²) in [5.74, 6) is -1.64. The molecule has 15 heteroatoms. The van der Waals surface area contributed by atoms with Crippen molar-refractivity contribution in [1.82, 2.24) is 20.3 Å². The van der Waals surface area contributed by atoms with E-state index in [0.29, 0.717) is 5.39 Å². The predicted octanol–water partition coefficient (Wildman–Crippen LogP) is 5.54. The summed E-state index contributed by atoms with van der Waals surface area (Å²) in [5.41, 5.74) is -4.30. The molecule has 1 amide bonds. The third-order valence-electron chi connectivity index (χ3n) is 6.70. The van der Waals surface area contributed by atoms with E-state index in [-0.39, 0.29) is 29.0 Å². The van der Waals surface area contributed by atoms with Crippen LogP contribution in [0.4, 0.5) is 22.0 Å². The van der Waals surface area contributed by atoms with Gasteiger partial charge >= 0.3 is 0 Å². The Morgan fingerprint density at radius 1 is 1.20 bits per heavy atom. The molecule has 1 aliphatic rings. The van der Waals surface area contributed by atoms with Gasteiger partial charge in [0.1, 0.15) is 6.67 Å². The van der Waals surface area contributed by atoms with E-state index in [1.807, 2.05) is 0 Å². The number of aromatic nitrogens is 3. The molecule has 5 rings (SSSR count). The van der Waals surface area contributed by atoms with Gasteiger partial charge in [-0.05, 0) is 49.3 Å². The van der Waals surface area contributed by atoms with Crippen LogP contribution in [0.3, 0.4) is 0 Å². The van der Waals surface area contributed by atoms with Gasteiger partial charge in [0.25, 0.3) is 12.3 Å². The normalized spacial score (nSPS) is 19.0. The van der Waals surface area contributed by atoms with Gasteiger partial charge in [0, 0.05) is 32.4 Å². The average Bonchev–Trinajstić information content (AvgIpc) is 3.16. The Kier molecular flexibility index (Phi) is 7.30. The fraction of sp³-hybridized carbons (Fsp3) is 0.310. The average molecular weight is 642 g/mol. The smallest absolute Gasteiger partial charge is 0.264 e. The van der Waals surface area contributed by atoms with Gasteiger partial charge in [-0.2, -0.15) is 0 Å². The van der Waals surface area contributed by atoms with E-state index >= 15 is 0 Å². The lowest BCUT2D eigenvalue weighted by Gasteiger charge is -2.15. The van der Waals surface area contributed by atoms with Crippen molar-refractivity contribution in [3.63, 3.8) is 0 Å². The maximum atomic E-state index is 14.3. The Balaban J connectivity index is 1.45. The number of nitrogens with one attached hydrogen (secondary N) is 1. The molecule has 0 bridgehead atoms. The molecule has 0 saturated heterocycles. The number of alkyl halides is 5. The Morgan fingerprint density at radius 2 is 2.02 bits per heavy atom. The number of benzene rings is 1. The third-order valence-corrected chi connectivity index (χ3v) is 8.49. The summed E-state index contributed by atoms with van der Waals surface area (Å²) in [7, 11) is -4.74. The highest BCUT2D eigenvalue weighted by molar-refractivity contribution is 7.92. The van der Waals surface area contributed by atoms with Crippen LogP contribution in [0.2, 0.25) is 0 Å².